The highest BCUT2D eigenvalue weighted by molar-refractivity contribution is 7.89. The molecule has 0 spiro atoms. The third kappa shape index (κ3) is 5.44. The normalized spacial score (nSPS) is 16.5. The van der Waals surface area contributed by atoms with Crippen LogP contribution in [0.3, 0.4) is 0 Å². The van der Waals surface area contributed by atoms with Crippen LogP contribution in [0.2, 0.25) is 0 Å². The van der Waals surface area contributed by atoms with E-state index in [2.05, 4.69) is 0 Å². The van der Waals surface area contributed by atoms with Crippen molar-refractivity contribution in [3.63, 3.8) is 0 Å². The number of carbonyl (C=O) groups excluding carboxylic acids is 1. The van der Waals surface area contributed by atoms with E-state index in [0.717, 1.165) is 12.1 Å². The van der Waals surface area contributed by atoms with E-state index in [1.807, 2.05) is 11.9 Å². The van der Waals surface area contributed by atoms with Crippen LogP contribution in [0.1, 0.15) is 34.3 Å². The fourth-order valence-corrected chi connectivity index (χ4v) is 5.20. The molecule has 0 saturated carbocycles. The lowest BCUT2D eigenvalue weighted by Crippen LogP contribution is -2.45. The van der Waals surface area contributed by atoms with Gasteiger partial charge < -0.3 is 5.73 Å². The first-order valence-electron chi connectivity index (χ1n) is 9.75. The number of primary amides is 1. The van der Waals surface area contributed by atoms with Gasteiger partial charge in [0.05, 0.1) is 10.5 Å². The van der Waals surface area contributed by atoms with E-state index < -0.39 is 27.7 Å². The number of amides is 1. The number of carbonyl (C=O) groups is 1. The van der Waals surface area contributed by atoms with Crippen molar-refractivity contribution in [2.45, 2.75) is 36.5 Å². The van der Waals surface area contributed by atoms with Gasteiger partial charge in [0, 0.05) is 31.2 Å². The topological polar surface area (TPSA) is 83.7 Å². The van der Waals surface area contributed by atoms with Gasteiger partial charge in [-0.3, -0.25) is 9.69 Å². The lowest BCUT2D eigenvalue weighted by molar-refractivity contribution is -0.137. The summed E-state index contributed by atoms with van der Waals surface area (Å²) in [4.78, 5) is 13.2. The largest absolute Gasteiger partial charge is 0.416 e. The zero-order valence-electron chi connectivity index (χ0n) is 17.0. The van der Waals surface area contributed by atoms with Crippen LogP contribution in [0.15, 0.2) is 53.4 Å². The summed E-state index contributed by atoms with van der Waals surface area (Å²) in [6.07, 6.45) is -3.26. The van der Waals surface area contributed by atoms with Crippen molar-refractivity contribution in [2.24, 2.45) is 5.73 Å². The Hall–Kier alpha value is -2.43. The highest BCUT2D eigenvalue weighted by atomic mass is 32.2. The third-order valence-electron chi connectivity index (χ3n) is 5.51. The van der Waals surface area contributed by atoms with Crippen molar-refractivity contribution in [1.29, 1.82) is 0 Å². The van der Waals surface area contributed by atoms with Gasteiger partial charge in [0.1, 0.15) is 0 Å². The molecule has 0 bridgehead atoms. The van der Waals surface area contributed by atoms with E-state index in [9.17, 15) is 26.4 Å². The molecule has 6 nitrogen and oxygen atoms in total. The molecule has 10 heteroatoms. The summed E-state index contributed by atoms with van der Waals surface area (Å²) < 4.78 is 65.9. The number of alkyl halides is 3. The summed E-state index contributed by atoms with van der Waals surface area (Å²) in [5.74, 6) is -0.631. The zero-order chi connectivity index (χ0) is 22.8. The van der Waals surface area contributed by atoms with Crippen molar-refractivity contribution in [2.75, 3.05) is 20.1 Å². The van der Waals surface area contributed by atoms with E-state index >= 15 is 0 Å². The van der Waals surface area contributed by atoms with Gasteiger partial charge in [0.25, 0.3) is 0 Å². The van der Waals surface area contributed by atoms with Crippen molar-refractivity contribution < 1.29 is 26.4 Å². The third-order valence-corrected chi connectivity index (χ3v) is 7.42. The molecule has 1 amide bonds. The highest BCUT2D eigenvalue weighted by Gasteiger charge is 2.32. The van der Waals surface area contributed by atoms with Crippen LogP contribution in [0.4, 0.5) is 13.2 Å². The number of benzene rings is 2. The van der Waals surface area contributed by atoms with Gasteiger partial charge in [-0.2, -0.15) is 17.5 Å². The van der Waals surface area contributed by atoms with Gasteiger partial charge in [-0.05, 0) is 55.8 Å². The number of rotatable bonds is 6. The first-order chi connectivity index (χ1) is 14.5. The van der Waals surface area contributed by atoms with Crippen LogP contribution in [-0.4, -0.2) is 49.7 Å². The fraction of sp³-hybridized carbons (Fsp3) is 0.381. The number of nitrogens with two attached hydrogens (primary N) is 1. The van der Waals surface area contributed by atoms with E-state index in [-0.39, 0.29) is 16.5 Å². The number of hydrogen-bond acceptors (Lipinski definition) is 4. The second-order valence-corrected chi connectivity index (χ2v) is 9.58. The molecule has 2 aromatic rings. The number of nitrogens with zero attached hydrogens (tertiary/aromatic N) is 2. The van der Waals surface area contributed by atoms with Crippen LogP contribution < -0.4 is 5.73 Å². The molecule has 2 aromatic carbocycles. The van der Waals surface area contributed by atoms with Gasteiger partial charge in [0.15, 0.2) is 0 Å². The molecule has 0 aromatic heterocycles. The minimum Gasteiger partial charge on any atom is -0.366 e. The van der Waals surface area contributed by atoms with Gasteiger partial charge in [-0.1, -0.05) is 18.2 Å². The molecule has 3 rings (SSSR count). The Morgan fingerprint density at radius 3 is 2.29 bits per heavy atom. The van der Waals surface area contributed by atoms with Crippen LogP contribution >= 0.6 is 0 Å². The van der Waals surface area contributed by atoms with Crippen LogP contribution in [0.25, 0.3) is 0 Å². The molecule has 0 atom stereocenters. The maximum atomic E-state index is 12.9. The van der Waals surface area contributed by atoms with E-state index in [1.165, 1.54) is 34.6 Å². The summed E-state index contributed by atoms with van der Waals surface area (Å²) in [5.41, 5.74) is 5.29. The molecule has 2 N–H and O–H groups in total. The Labute approximate surface area is 179 Å². The first-order valence-corrected chi connectivity index (χ1v) is 11.2. The second kappa shape index (κ2) is 8.97. The average molecular weight is 456 g/mol. The summed E-state index contributed by atoms with van der Waals surface area (Å²) in [7, 11) is -1.87. The van der Waals surface area contributed by atoms with Crippen molar-refractivity contribution in [1.82, 2.24) is 9.21 Å². The molecule has 168 valence electrons. The molecule has 31 heavy (non-hydrogen) atoms. The van der Waals surface area contributed by atoms with E-state index in [1.54, 1.807) is 6.07 Å². The van der Waals surface area contributed by atoms with Crippen LogP contribution in [-0.2, 0) is 22.7 Å². The second-order valence-electron chi connectivity index (χ2n) is 7.64. The number of piperidine rings is 1. The first kappa shape index (κ1) is 23.2. The monoisotopic (exact) mass is 455 g/mol. The quantitative estimate of drug-likeness (QED) is 0.726. The molecule has 0 aliphatic carbocycles. The van der Waals surface area contributed by atoms with Gasteiger partial charge in [0.2, 0.25) is 15.9 Å². The molecular weight excluding hydrogens is 431 g/mol. The number of sulfonamides is 1. The van der Waals surface area contributed by atoms with Crippen LogP contribution in [0.5, 0.6) is 0 Å². The Morgan fingerprint density at radius 2 is 1.74 bits per heavy atom. The van der Waals surface area contributed by atoms with Crippen molar-refractivity contribution in [3.05, 3.63) is 65.2 Å². The van der Waals surface area contributed by atoms with Crippen molar-refractivity contribution >= 4 is 15.9 Å². The lowest BCUT2D eigenvalue weighted by atomic mass is 10.0. The lowest BCUT2D eigenvalue weighted by Gasteiger charge is -2.36. The standard InChI is InChI=1S/C21H24F3N3O3S/c1-26(14-15-3-2-4-17(13-15)21(22,23)24)18-9-11-27(12-10-18)31(29,30)19-7-5-16(6-8-19)20(25)28/h2-8,13,18H,9-12,14H2,1H3,(H2,25,28). The van der Waals surface area contributed by atoms with Gasteiger partial charge in [-0.25, -0.2) is 8.42 Å². The predicted octanol–water partition coefficient (Wildman–Crippen LogP) is 3.09. The zero-order valence-corrected chi connectivity index (χ0v) is 17.8. The maximum absolute atomic E-state index is 12.9. The Kier molecular flexibility index (Phi) is 6.73. The molecule has 1 saturated heterocycles. The number of hydrogen-bond donors (Lipinski definition) is 1. The molecule has 1 aliphatic rings. The predicted molar refractivity (Wildman–Crippen MR) is 110 cm³/mol. The van der Waals surface area contributed by atoms with E-state index in [0.29, 0.717) is 38.0 Å². The molecule has 0 radical (unpaired) electrons. The Morgan fingerprint density at radius 1 is 1.13 bits per heavy atom. The smallest absolute Gasteiger partial charge is 0.366 e. The SMILES string of the molecule is CN(Cc1cccc(C(F)(F)F)c1)C1CCN(S(=O)(=O)c2ccc(C(N)=O)cc2)CC1. The van der Waals surface area contributed by atoms with E-state index in [4.69, 9.17) is 5.73 Å². The minimum atomic E-state index is -4.38. The molecular formula is C21H24F3N3O3S. The average Bonchev–Trinajstić information content (AvgIpc) is 2.73. The van der Waals surface area contributed by atoms with Crippen molar-refractivity contribution in [3.8, 4) is 0 Å². The molecule has 0 unspecified atom stereocenters. The summed E-state index contributed by atoms with van der Waals surface area (Å²) in [5, 5.41) is 0. The van der Waals surface area contributed by atoms with Gasteiger partial charge >= 0.3 is 6.18 Å². The molecule has 1 aliphatic heterocycles. The molecule has 1 fully saturated rings. The maximum Gasteiger partial charge on any atom is 0.416 e. The summed E-state index contributed by atoms with van der Waals surface area (Å²) in [6, 6.07) is 10.8. The Bertz CT molecular complexity index is 1030. The highest BCUT2D eigenvalue weighted by Crippen LogP contribution is 2.30. The number of halogens is 3. The fourth-order valence-electron chi connectivity index (χ4n) is 3.73. The minimum absolute atomic E-state index is 0.0539. The summed E-state index contributed by atoms with van der Waals surface area (Å²) >= 11 is 0. The Balaban J connectivity index is 1.61. The van der Waals surface area contributed by atoms with Crippen LogP contribution in [0, 0.1) is 0 Å². The van der Waals surface area contributed by atoms with Gasteiger partial charge in [-0.15, -0.1) is 0 Å². The molecule has 1 heterocycles. The summed E-state index contributed by atoms with van der Waals surface area (Å²) in [6.45, 7) is 0.949.